The summed E-state index contributed by atoms with van der Waals surface area (Å²) in [7, 11) is 0. The van der Waals surface area contributed by atoms with E-state index in [9.17, 15) is 4.79 Å². The van der Waals surface area contributed by atoms with E-state index in [1.165, 1.54) is 6.26 Å². The number of ether oxygens (including phenoxy) is 2. The van der Waals surface area contributed by atoms with Gasteiger partial charge in [0.05, 0.1) is 25.3 Å². The number of hydrogen-bond acceptors (Lipinski definition) is 7. The Balaban J connectivity index is 1.55. The molecule has 2 aliphatic rings. The molecule has 0 saturated carbocycles. The van der Waals surface area contributed by atoms with Crippen LogP contribution in [0.25, 0.3) is 0 Å². The van der Waals surface area contributed by atoms with Crippen LogP contribution >= 0.6 is 0 Å². The molecule has 2 saturated heterocycles. The third kappa shape index (κ3) is 3.06. The molecule has 2 aromatic rings. The standard InChI is InChI=1S/C17H20N4O4/c18-16(14-5-8-25-19-14)15-11-24-17(22)21(15)13-3-1-12(2-4-13)20-6-9-23-10-7-20/h1-5,8,15-16H,6-7,9-11,18H2/t15-,16?/m1/s1. The fraction of sp³-hybridized carbons (Fsp3) is 0.412. The molecule has 1 amide bonds. The van der Waals surface area contributed by atoms with E-state index in [1.54, 1.807) is 11.0 Å². The number of rotatable bonds is 4. The van der Waals surface area contributed by atoms with Gasteiger partial charge in [-0.3, -0.25) is 4.90 Å². The van der Waals surface area contributed by atoms with Gasteiger partial charge < -0.3 is 24.6 Å². The van der Waals surface area contributed by atoms with Gasteiger partial charge in [0.1, 0.15) is 18.6 Å². The summed E-state index contributed by atoms with van der Waals surface area (Å²) in [4.78, 5) is 16.1. The predicted molar refractivity (Wildman–Crippen MR) is 90.5 cm³/mol. The van der Waals surface area contributed by atoms with Crippen LogP contribution in [0.15, 0.2) is 41.1 Å². The lowest BCUT2D eigenvalue weighted by molar-refractivity contribution is 0.122. The first kappa shape index (κ1) is 15.9. The van der Waals surface area contributed by atoms with Gasteiger partial charge in [0, 0.05) is 30.5 Å². The number of benzene rings is 1. The molecule has 0 aliphatic carbocycles. The number of nitrogens with zero attached hydrogens (tertiary/aromatic N) is 3. The Morgan fingerprint density at radius 3 is 2.52 bits per heavy atom. The quantitative estimate of drug-likeness (QED) is 0.899. The smallest absolute Gasteiger partial charge is 0.414 e. The van der Waals surface area contributed by atoms with E-state index >= 15 is 0 Å². The largest absolute Gasteiger partial charge is 0.447 e. The van der Waals surface area contributed by atoms with E-state index in [1.807, 2.05) is 24.3 Å². The number of cyclic esters (lactones) is 1. The van der Waals surface area contributed by atoms with Gasteiger partial charge in [0.2, 0.25) is 0 Å². The third-order valence-electron chi connectivity index (χ3n) is 4.62. The van der Waals surface area contributed by atoms with Gasteiger partial charge in [-0.2, -0.15) is 0 Å². The minimum absolute atomic E-state index is 0.220. The second-order valence-electron chi connectivity index (χ2n) is 6.08. The number of amides is 1. The summed E-state index contributed by atoms with van der Waals surface area (Å²) in [5.74, 6) is 0. The molecule has 8 nitrogen and oxygen atoms in total. The Morgan fingerprint density at radius 2 is 1.84 bits per heavy atom. The maximum absolute atomic E-state index is 12.2. The number of carbonyl (C=O) groups is 1. The Kier molecular flexibility index (Phi) is 4.29. The SMILES string of the molecule is NC(c1ccon1)[C@H]1COC(=O)N1c1ccc(N2CCOCC2)cc1. The molecule has 2 atom stereocenters. The lowest BCUT2D eigenvalue weighted by atomic mass is 10.1. The number of morpholine rings is 1. The highest BCUT2D eigenvalue weighted by Gasteiger charge is 2.39. The number of nitrogens with two attached hydrogens (primary N) is 1. The summed E-state index contributed by atoms with van der Waals surface area (Å²) in [5.41, 5.74) is 8.72. The molecule has 0 radical (unpaired) electrons. The highest BCUT2D eigenvalue weighted by atomic mass is 16.6. The van der Waals surface area contributed by atoms with E-state index in [-0.39, 0.29) is 12.6 Å². The van der Waals surface area contributed by atoms with Gasteiger partial charge >= 0.3 is 6.09 Å². The zero-order valence-corrected chi connectivity index (χ0v) is 13.7. The Morgan fingerprint density at radius 1 is 1.12 bits per heavy atom. The predicted octanol–water partition coefficient (Wildman–Crippen LogP) is 1.54. The Bertz CT molecular complexity index is 713. The summed E-state index contributed by atoms with van der Waals surface area (Å²) in [6.45, 7) is 3.41. The van der Waals surface area contributed by atoms with Crippen molar-refractivity contribution >= 4 is 17.5 Å². The van der Waals surface area contributed by atoms with Crippen molar-refractivity contribution in [3.8, 4) is 0 Å². The van der Waals surface area contributed by atoms with Gasteiger partial charge in [-0.15, -0.1) is 0 Å². The maximum Gasteiger partial charge on any atom is 0.414 e. The average molecular weight is 344 g/mol. The first-order chi connectivity index (χ1) is 12.2. The van der Waals surface area contributed by atoms with Gasteiger partial charge in [0.25, 0.3) is 0 Å². The van der Waals surface area contributed by atoms with Crippen LogP contribution < -0.4 is 15.5 Å². The second kappa shape index (κ2) is 6.73. The number of anilines is 2. The Hall–Kier alpha value is -2.58. The number of hydrogen-bond donors (Lipinski definition) is 1. The molecule has 1 aromatic carbocycles. The molecule has 1 unspecified atom stereocenters. The minimum Gasteiger partial charge on any atom is -0.447 e. The molecule has 0 bridgehead atoms. The summed E-state index contributed by atoms with van der Waals surface area (Å²) >= 11 is 0. The molecule has 0 spiro atoms. The van der Waals surface area contributed by atoms with Gasteiger partial charge in [0.15, 0.2) is 0 Å². The van der Waals surface area contributed by atoms with Crippen molar-refractivity contribution in [1.82, 2.24) is 5.16 Å². The van der Waals surface area contributed by atoms with E-state index < -0.39 is 12.1 Å². The van der Waals surface area contributed by atoms with Crippen molar-refractivity contribution in [1.29, 1.82) is 0 Å². The van der Waals surface area contributed by atoms with Crippen LogP contribution in [0.1, 0.15) is 11.7 Å². The summed E-state index contributed by atoms with van der Waals surface area (Å²) < 4.78 is 15.5. The van der Waals surface area contributed by atoms with Crippen molar-refractivity contribution in [3.05, 3.63) is 42.3 Å². The van der Waals surface area contributed by atoms with Crippen molar-refractivity contribution in [3.63, 3.8) is 0 Å². The minimum atomic E-state index is -0.482. The van der Waals surface area contributed by atoms with Crippen LogP contribution in [0.3, 0.4) is 0 Å². The van der Waals surface area contributed by atoms with Gasteiger partial charge in [-0.1, -0.05) is 5.16 Å². The number of carbonyl (C=O) groups excluding carboxylic acids is 1. The van der Waals surface area contributed by atoms with E-state index in [4.69, 9.17) is 19.7 Å². The third-order valence-corrected chi connectivity index (χ3v) is 4.62. The van der Waals surface area contributed by atoms with Crippen LogP contribution in [0.2, 0.25) is 0 Å². The highest BCUT2D eigenvalue weighted by molar-refractivity contribution is 5.90. The fourth-order valence-corrected chi connectivity index (χ4v) is 3.23. The van der Waals surface area contributed by atoms with E-state index in [2.05, 4.69) is 10.1 Å². The van der Waals surface area contributed by atoms with Crippen LogP contribution in [-0.2, 0) is 9.47 Å². The zero-order valence-electron chi connectivity index (χ0n) is 13.7. The molecular weight excluding hydrogens is 324 g/mol. The second-order valence-corrected chi connectivity index (χ2v) is 6.08. The first-order valence-electron chi connectivity index (χ1n) is 8.28. The van der Waals surface area contributed by atoms with Crippen LogP contribution in [-0.4, -0.2) is 50.2 Å². The molecule has 3 heterocycles. The van der Waals surface area contributed by atoms with Crippen LogP contribution in [0.4, 0.5) is 16.2 Å². The summed E-state index contributed by atoms with van der Waals surface area (Å²) in [5, 5.41) is 3.88. The van der Waals surface area contributed by atoms with Crippen molar-refractivity contribution < 1.29 is 18.8 Å². The molecule has 2 aliphatic heterocycles. The van der Waals surface area contributed by atoms with Crippen molar-refractivity contribution in [2.45, 2.75) is 12.1 Å². The van der Waals surface area contributed by atoms with Crippen molar-refractivity contribution in [2.24, 2.45) is 5.73 Å². The monoisotopic (exact) mass is 344 g/mol. The molecule has 8 heteroatoms. The Labute approximate surface area is 145 Å². The van der Waals surface area contributed by atoms with E-state index in [0.717, 1.165) is 37.7 Å². The first-order valence-corrected chi connectivity index (χ1v) is 8.28. The van der Waals surface area contributed by atoms with Crippen LogP contribution in [0, 0.1) is 0 Å². The lowest BCUT2D eigenvalue weighted by Gasteiger charge is -2.30. The molecule has 1 aromatic heterocycles. The van der Waals surface area contributed by atoms with Gasteiger partial charge in [-0.25, -0.2) is 4.79 Å². The molecule has 25 heavy (non-hydrogen) atoms. The zero-order chi connectivity index (χ0) is 17.2. The van der Waals surface area contributed by atoms with Crippen molar-refractivity contribution in [2.75, 3.05) is 42.7 Å². The molecule has 4 rings (SSSR count). The summed E-state index contributed by atoms with van der Waals surface area (Å²) in [6.07, 6.45) is 1.07. The van der Waals surface area contributed by atoms with Gasteiger partial charge in [-0.05, 0) is 24.3 Å². The number of aromatic nitrogens is 1. The lowest BCUT2D eigenvalue weighted by Crippen LogP contribution is -2.41. The molecule has 132 valence electrons. The molecular formula is C17H20N4O4. The normalized spacial score (nSPS) is 22.1. The topological polar surface area (TPSA) is 94.1 Å². The van der Waals surface area contributed by atoms with E-state index in [0.29, 0.717) is 5.69 Å². The van der Waals surface area contributed by atoms with Crippen LogP contribution in [0.5, 0.6) is 0 Å². The maximum atomic E-state index is 12.2. The fourth-order valence-electron chi connectivity index (χ4n) is 3.23. The highest BCUT2D eigenvalue weighted by Crippen LogP contribution is 2.30. The summed E-state index contributed by atoms with van der Waals surface area (Å²) in [6, 6.07) is 8.74. The average Bonchev–Trinajstić information content (AvgIpc) is 3.32. The molecule has 2 N–H and O–H groups in total. The molecule has 2 fully saturated rings.